The maximum atomic E-state index is 4.63. The number of anilines is 1. The van der Waals surface area contributed by atoms with Gasteiger partial charge < -0.3 is 10.2 Å². The number of aryl methyl sites for hydroxylation is 2. The summed E-state index contributed by atoms with van der Waals surface area (Å²) in [4.78, 5) is 14.4. The highest BCUT2D eigenvalue weighted by atomic mass is 35.5. The van der Waals surface area contributed by atoms with Crippen LogP contribution >= 0.6 is 24.8 Å². The first-order valence-corrected chi connectivity index (χ1v) is 9.24. The fourth-order valence-corrected chi connectivity index (χ4v) is 4.66. The second kappa shape index (κ2) is 8.85. The first-order chi connectivity index (χ1) is 11.2. The summed E-state index contributed by atoms with van der Waals surface area (Å²) in [6.07, 6.45) is 5.27. The fourth-order valence-electron chi connectivity index (χ4n) is 4.66. The minimum Gasteiger partial charge on any atom is -0.341 e. The minimum atomic E-state index is 0. The lowest BCUT2D eigenvalue weighted by molar-refractivity contribution is 0.199. The van der Waals surface area contributed by atoms with Gasteiger partial charge in [-0.2, -0.15) is 0 Å². The average Bonchev–Trinajstić information content (AvgIpc) is 2.98. The van der Waals surface area contributed by atoms with E-state index in [-0.39, 0.29) is 24.8 Å². The Kier molecular flexibility index (Phi) is 7.32. The van der Waals surface area contributed by atoms with Crippen molar-refractivity contribution in [2.75, 3.05) is 37.6 Å². The lowest BCUT2D eigenvalue weighted by Gasteiger charge is -2.37. The topological polar surface area (TPSA) is 44.3 Å². The van der Waals surface area contributed by atoms with Crippen molar-refractivity contribution in [3.63, 3.8) is 0 Å². The smallest absolute Gasteiger partial charge is 0.225 e. The molecule has 1 aromatic heterocycles. The molecular formula is C18H31Cl2N5. The summed E-state index contributed by atoms with van der Waals surface area (Å²) >= 11 is 0. The third-order valence-corrected chi connectivity index (χ3v) is 5.86. The molecule has 0 bridgehead atoms. The van der Waals surface area contributed by atoms with Gasteiger partial charge in [-0.15, -0.1) is 24.8 Å². The van der Waals surface area contributed by atoms with Crippen molar-refractivity contribution in [1.29, 1.82) is 0 Å². The number of nitrogens with zero attached hydrogens (tertiary/aromatic N) is 4. The molecule has 142 valence electrons. The number of halogens is 2. The van der Waals surface area contributed by atoms with Crippen molar-refractivity contribution in [3.8, 4) is 0 Å². The molecule has 0 amide bonds. The van der Waals surface area contributed by atoms with Crippen LogP contribution in [0.2, 0.25) is 0 Å². The van der Waals surface area contributed by atoms with Crippen LogP contribution in [0.4, 0.5) is 5.95 Å². The van der Waals surface area contributed by atoms with E-state index >= 15 is 0 Å². The number of piperidine rings is 2. The standard InChI is InChI=1S/C18H29N5.2ClH/c1-13-10-14(2)21-18(20-13)22-8-5-16(6-9-22)23-11-15-4-3-7-19-17(15)12-23;;/h10,15-17,19H,3-9,11-12H2,1-2H3;2*1H/t15-,17+;;/m0../s1. The molecule has 1 aromatic rings. The summed E-state index contributed by atoms with van der Waals surface area (Å²) in [5.41, 5.74) is 2.15. The zero-order chi connectivity index (χ0) is 15.8. The molecule has 0 aliphatic carbocycles. The molecule has 4 rings (SSSR count). The third-order valence-electron chi connectivity index (χ3n) is 5.86. The van der Waals surface area contributed by atoms with Crippen molar-refractivity contribution in [1.82, 2.24) is 20.2 Å². The summed E-state index contributed by atoms with van der Waals surface area (Å²) < 4.78 is 0. The highest BCUT2D eigenvalue weighted by molar-refractivity contribution is 5.85. The summed E-state index contributed by atoms with van der Waals surface area (Å²) in [7, 11) is 0. The number of aromatic nitrogens is 2. The van der Waals surface area contributed by atoms with E-state index in [0.29, 0.717) is 0 Å². The number of nitrogens with one attached hydrogen (secondary N) is 1. The fraction of sp³-hybridized carbons (Fsp3) is 0.778. The Balaban J connectivity index is 0.00000113. The predicted molar refractivity (Wildman–Crippen MR) is 107 cm³/mol. The first kappa shape index (κ1) is 20.7. The van der Waals surface area contributed by atoms with Crippen molar-refractivity contribution < 1.29 is 0 Å². The van der Waals surface area contributed by atoms with Crippen LogP contribution in [-0.4, -0.2) is 59.7 Å². The maximum absolute atomic E-state index is 4.63. The van der Waals surface area contributed by atoms with Gasteiger partial charge in [-0.1, -0.05) is 0 Å². The van der Waals surface area contributed by atoms with Crippen LogP contribution < -0.4 is 10.2 Å². The van der Waals surface area contributed by atoms with E-state index in [1.807, 2.05) is 0 Å². The molecule has 0 spiro atoms. The molecule has 5 nitrogen and oxygen atoms in total. The first-order valence-electron chi connectivity index (χ1n) is 9.24. The molecule has 3 aliphatic rings. The Morgan fingerprint density at radius 3 is 2.32 bits per heavy atom. The zero-order valence-corrected chi connectivity index (χ0v) is 16.9. The van der Waals surface area contributed by atoms with Crippen LogP contribution in [0.5, 0.6) is 0 Å². The Morgan fingerprint density at radius 2 is 1.68 bits per heavy atom. The number of hydrogen-bond acceptors (Lipinski definition) is 5. The molecule has 2 atom stereocenters. The van der Waals surface area contributed by atoms with Gasteiger partial charge in [-0.25, -0.2) is 9.97 Å². The lowest BCUT2D eigenvalue weighted by Crippen LogP contribution is -2.45. The quantitative estimate of drug-likeness (QED) is 0.844. The van der Waals surface area contributed by atoms with E-state index in [4.69, 9.17) is 0 Å². The second-order valence-corrected chi connectivity index (χ2v) is 7.59. The van der Waals surface area contributed by atoms with Gasteiger partial charge in [-0.05, 0) is 58.1 Å². The molecule has 1 N–H and O–H groups in total. The third kappa shape index (κ3) is 4.57. The second-order valence-electron chi connectivity index (χ2n) is 7.59. The zero-order valence-electron chi connectivity index (χ0n) is 15.3. The summed E-state index contributed by atoms with van der Waals surface area (Å²) in [6, 6.07) is 3.56. The van der Waals surface area contributed by atoms with Crippen LogP contribution in [0, 0.1) is 19.8 Å². The molecule has 0 saturated carbocycles. The van der Waals surface area contributed by atoms with Crippen LogP contribution in [0.25, 0.3) is 0 Å². The summed E-state index contributed by atoms with van der Waals surface area (Å²) in [5, 5.41) is 3.73. The van der Waals surface area contributed by atoms with E-state index < -0.39 is 0 Å². The molecule has 3 aliphatic heterocycles. The number of fused-ring (bicyclic) bond motifs is 1. The maximum Gasteiger partial charge on any atom is 0.225 e. The molecule has 4 heterocycles. The van der Waals surface area contributed by atoms with Gasteiger partial charge >= 0.3 is 0 Å². The Bertz CT molecular complexity index is 528. The van der Waals surface area contributed by atoms with Gasteiger partial charge in [0.1, 0.15) is 0 Å². The molecule has 7 heteroatoms. The normalized spacial score (nSPS) is 27.4. The number of likely N-dealkylation sites (tertiary alicyclic amines) is 1. The number of rotatable bonds is 2. The van der Waals surface area contributed by atoms with Crippen LogP contribution in [0.1, 0.15) is 37.1 Å². The van der Waals surface area contributed by atoms with E-state index in [9.17, 15) is 0 Å². The Hall–Kier alpha value is -0.620. The summed E-state index contributed by atoms with van der Waals surface area (Å²) in [6.45, 7) is 10.1. The molecule has 0 aromatic carbocycles. The van der Waals surface area contributed by atoms with E-state index in [1.165, 1.54) is 45.3 Å². The number of hydrogen-bond donors (Lipinski definition) is 1. The van der Waals surface area contributed by atoms with Gasteiger partial charge in [0.15, 0.2) is 0 Å². The van der Waals surface area contributed by atoms with E-state index in [1.54, 1.807) is 0 Å². The van der Waals surface area contributed by atoms with E-state index in [2.05, 4.69) is 45.0 Å². The molecule has 0 unspecified atom stereocenters. The minimum absolute atomic E-state index is 0. The van der Waals surface area contributed by atoms with Crippen LogP contribution in [0.15, 0.2) is 6.07 Å². The Morgan fingerprint density at radius 1 is 1.00 bits per heavy atom. The van der Waals surface area contributed by atoms with Crippen LogP contribution in [0.3, 0.4) is 0 Å². The van der Waals surface area contributed by atoms with Crippen LogP contribution in [-0.2, 0) is 0 Å². The van der Waals surface area contributed by atoms with Crippen molar-refractivity contribution in [2.45, 2.75) is 51.6 Å². The molecular weight excluding hydrogens is 357 g/mol. The average molecular weight is 388 g/mol. The lowest BCUT2D eigenvalue weighted by atomic mass is 9.94. The summed E-state index contributed by atoms with van der Waals surface area (Å²) in [5.74, 6) is 1.82. The molecule has 0 radical (unpaired) electrons. The van der Waals surface area contributed by atoms with Gasteiger partial charge in [0, 0.05) is 49.7 Å². The van der Waals surface area contributed by atoms with Gasteiger partial charge in [0.05, 0.1) is 0 Å². The predicted octanol–water partition coefficient (Wildman–Crippen LogP) is 2.59. The highest BCUT2D eigenvalue weighted by Crippen LogP contribution is 2.29. The van der Waals surface area contributed by atoms with Gasteiger partial charge in [0.25, 0.3) is 0 Å². The largest absolute Gasteiger partial charge is 0.341 e. The Labute approximate surface area is 163 Å². The molecule has 3 saturated heterocycles. The van der Waals surface area contributed by atoms with Gasteiger partial charge in [-0.3, -0.25) is 4.90 Å². The van der Waals surface area contributed by atoms with Gasteiger partial charge in [0.2, 0.25) is 5.95 Å². The molecule has 3 fully saturated rings. The van der Waals surface area contributed by atoms with Crippen molar-refractivity contribution >= 4 is 30.8 Å². The van der Waals surface area contributed by atoms with E-state index in [0.717, 1.165) is 48.4 Å². The highest BCUT2D eigenvalue weighted by Gasteiger charge is 2.38. The van der Waals surface area contributed by atoms with Crippen molar-refractivity contribution in [2.24, 2.45) is 5.92 Å². The molecule has 25 heavy (non-hydrogen) atoms. The monoisotopic (exact) mass is 387 g/mol. The SMILES string of the molecule is Cc1cc(C)nc(N2CCC(N3C[C@@H]4CCCN[C@@H]4C3)CC2)n1.Cl.Cl. The van der Waals surface area contributed by atoms with Crippen molar-refractivity contribution in [3.05, 3.63) is 17.5 Å².